The number of aliphatic hydroxyl groups excluding tert-OH is 2. The minimum absolute atomic E-state index is 0.102. The summed E-state index contributed by atoms with van der Waals surface area (Å²) < 4.78 is 41.1. The second-order valence-corrected chi connectivity index (χ2v) is 6.45. The number of piperidine rings is 1. The Morgan fingerprint density at radius 1 is 1.23 bits per heavy atom. The second-order valence-electron chi connectivity index (χ2n) is 6.45. The molecule has 0 bridgehead atoms. The Bertz CT molecular complexity index is 808. The summed E-state index contributed by atoms with van der Waals surface area (Å²) in [5.74, 6) is 0.102. The average molecular weight is 428 g/mol. The van der Waals surface area contributed by atoms with Crippen LogP contribution in [0.5, 0.6) is 0 Å². The molecule has 11 heteroatoms. The largest absolute Gasteiger partial charge is 0.445 e. The highest BCUT2D eigenvalue weighted by molar-refractivity contribution is 5.67. The molecule has 2 unspecified atom stereocenters. The molecule has 1 aliphatic heterocycles. The highest BCUT2D eigenvalue weighted by Crippen LogP contribution is 2.27. The number of aromatic nitrogens is 2. The van der Waals surface area contributed by atoms with E-state index in [1.54, 1.807) is 0 Å². The predicted molar refractivity (Wildman–Crippen MR) is 101 cm³/mol. The summed E-state index contributed by atoms with van der Waals surface area (Å²) in [5.41, 5.74) is -0.0715. The maximum absolute atomic E-state index is 12.0. The standard InChI is InChI=1S/C13H17NO4.C6H6F3N3/c15-11-6-7-14(8-12(11)16)13(17)18-9-10-4-2-1-3-5-10;1-10-5-3-11-2-4(12-5)6(7,8)9/h1-5,11-12,15-16H,6-9H2;2-3H,1H3,(H,10,12). The van der Waals surface area contributed by atoms with E-state index in [2.05, 4.69) is 15.3 Å². The third-order valence-electron chi connectivity index (χ3n) is 4.19. The van der Waals surface area contributed by atoms with Gasteiger partial charge in [-0.05, 0) is 12.0 Å². The van der Waals surface area contributed by atoms with Crippen molar-refractivity contribution < 1.29 is 32.9 Å². The van der Waals surface area contributed by atoms with Crippen molar-refractivity contribution in [3.8, 4) is 0 Å². The van der Waals surface area contributed by atoms with Crippen LogP contribution in [-0.4, -0.2) is 63.5 Å². The molecule has 2 heterocycles. The molecule has 30 heavy (non-hydrogen) atoms. The Labute approximate surface area is 171 Å². The molecule has 1 aliphatic rings. The number of aliphatic hydroxyl groups is 2. The minimum atomic E-state index is -4.43. The Morgan fingerprint density at radius 2 is 1.93 bits per heavy atom. The maximum atomic E-state index is 12.0. The van der Waals surface area contributed by atoms with Crippen molar-refractivity contribution in [2.24, 2.45) is 0 Å². The normalized spacial score (nSPS) is 18.8. The van der Waals surface area contributed by atoms with Crippen LogP contribution in [0.1, 0.15) is 17.7 Å². The van der Waals surface area contributed by atoms with Gasteiger partial charge >= 0.3 is 12.3 Å². The number of amides is 1. The molecule has 1 amide bonds. The van der Waals surface area contributed by atoms with Crippen LogP contribution >= 0.6 is 0 Å². The summed E-state index contributed by atoms with van der Waals surface area (Å²) in [6, 6.07) is 9.41. The molecule has 0 radical (unpaired) electrons. The van der Waals surface area contributed by atoms with E-state index in [4.69, 9.17) is 4.74 Å². The molecule has 8 nitrogen and oxygen atoms in total. The number of nitrogens with one attached hydrogen (secondary N) is 1. The molecular formula is C19H23F3N4O4. The smallest absolute Gasteiger partial charge is 0.434 e. The van der Waals surface area contributed by atoms with Gasteiger partial charge < -0.3 is 25.2 Å². The SMILES string of the molecule is CNc1cncc(C(F)(F)F)n1.O=C(OCc1ccccc1)N1CCC(O)C(O)C1. The first kappa shape index (κ1) is 23.4. The molecule has 164 valence electrons. The first-order valence-corrected chi connectivity index (χ1v) is 9.09. The number of benzene rings is 1. The number of likely N-dealkylation sites (tertiary alicyclic amines) is 1. The van der Waals surface area contributed by atoms with E-state index >= 15 is 0 Å². The lowest BCUT2D eigenvalue weighted by molar-refractivity contribution is -0.141. The summed E-state index contributed by atoms with van der Waals surface area (Å²) in [4.78, 5) is 19.8. The Morgan fingerprint density at radius 3 is 2.53 bits per heavy atom. The van der Waals surface area contributed by atoms with E-state index in [1.165, 1.54) is 18.1 Å². The van der Waals surface area contributed by atoms with Crippen molar-refractivity contribution in [2.45, 2.75) is 31.4 Å². The van der Waals surface area contributed by atoms with Crippen LogP contribution in [0.2, 0.25) is 0 Å². The van der Waals surface area contributed by atoms with Crippen molar-refractivity contribution in [1.29, 1.82) is 0 Å². The van der Waals surface area contributed by atoms with Crippen molar-refractivity contribution in [3.05, 3.63) is 54.0 Å². The predicted octanol–water partition coefficient (Wildman–Crippen LogP) is 2.29. The van der Waals surface area contributed by atoms with Crippen LogP contribution in [0.15, 0.2) is 42.7 Å². The number of halogens is 3. The summed E-state index contributed by atoms with van der Waals surface area (Å²) in [6.45, 7) is 0.745. The second kappa shape index (κ2) is 10.7. The Hall–Kier alpha value is -2.92. The Balaban J connectivity index is 0.000000232. The van der Waals surface area contributed by atoms with Crippen LogP contribution in [0, 0.1) is 0 Å². The fourth-order valence-corrected chi connectivity index (χ4v) is 2.52. The van der Waals surface area contributed by atoms with Crippen LogP contribution < -0.4 is 5.32 Å². The number of rotatable bonds is 3. The van der Waals surface area contributed by atoms with Gasteiger partial charge in [-0.2, -0.15) is 13.2 Å². The number of nitrogens with zero attached hydrogens (tertiary/aromatic N) is 3. The van der Waals surface area contributed by atoms with Crippen LogP contribution in [0.4, 0.5) is 23.8 Å². The lowest BCUT2D eigenvalue weighted by atomic mass is 10.1. The fraction of sp³-hybridized carbons (Fsp3) is 0.421. The van der Waals surface area contributed by atoms with Crippen LogP contribution in [0.3, 0.4) is 0 Å². The molecule has 1 saturated heterocycles. The van der Waals surface area contributed by atoms with Gasteiger partial charge in [0.1, 0.15) is 12.4 Å². The topological polar surface area (TPSA) is 108 Å². The van der Waals surface area contributed by atoms with Gasteiger partial charge in [-0.25, -0.2) is 9.78 Å². The fourth-order valence-electron chi connectivity index (χ4n) is 2.52. The van der Waals surface area contributed by atoms with Gasteiger partial charge in [-0.15, -0.1) is 0 Å². The van der Waals surface area contributed by atoms with Crippen molar-refractivity contribution in [2.75, 3.05) is 25.5 Å². The number of alkyl halides is 3. The molecule has 2 aromatic rings. The van der Waals surface area contributed by atoms with Crippen LogP contribution in [-0.2, 0) is 17.5 Å². The first-order chi connectivity index (χ1) is 14.2. The number of carbonyl (C=O) groups is 1. The van der Waals surface area contributed by atoms with E-state index in [1.807, 2.05) is 30.3 Å². The van der Waals surface area contributed by atoms with Gasteiger partial charge in [0, 0.05) is 13.6 Å². The summed E-state index contributed by atoms with van der Waals surface area (Å²) in [6.07, 6.45) is -4.24. The molecule has 1 aromatic heterocycles. The quantitative estimate of drug-likeness (QED) is 0.689. The number of anilines is 1. The van der Waals surface area contributed by atoms with Crippen molar-refractivity contribution in [3.63, 3.8) is 0 Å². The molecular weight excluding hydrogens is 405 g/mol. The van der Waals surface area contributed by atoms with Gasteiger partial charge in [0.05, 0.1) is 31.1 Å². The van der Waals surface area contributed by atoms with Gasteiger partial charge in [0.2, 0.25) is 0 Å². The molecule has 0 aliphatic carbocycles. The van der Waals surface area contributed by atoms with Crippen molar-refractivity contribution in [1.82, 2.24) is 14.9 Å². The number of hydrogen-bond donors (Lipinski definition) is 3. The van der Waals surface area contributed by atoms with Crippen molar-refractivity contribution >= 4 is 11.9 Å². The van der Waals surface area contributed by atoms with E-state index in [0.29, 0.717) is 19.2 Å². The maximum Gasteiger partial charge on any atom is 0.434 e. The van der Waals surface area contributed by atoms with E-state index in [9.17, 15) is 28.2 Å². The third kappa shape index (κ3) is 7.16. The molecule has 3 rings (SSSR count). The highest BCUT2D eigenvalue weighted by Gasteiger charge is 2.33. The summed E-state index contributed by atoms with van der Waals surface area (Å²) >= 11 is 0. The van der Waals surface area contributed by atoms with E-state index < -0.39 is 30.2 Å². The van der Waals surface area contributed by atoms with E-state index in [0.717, 1.165) is 5.56 Å². The summed E-state index contributed by atoms with van der Waals surface area (Å²) in [7, 11) is 1.48. The molecule has 0 spiro atoms. The number of hydrogen-bond acceptors (Lipinski definition) is 7. The highest BCUT2D eigenvalue weighted by atomic mass is 19.4. The number of carbonyl (C=O) groups excluding carboxylic acids is 1. The molecule has 1 aromatic carbocycles. The third-order valence-corrected chi connectivity index (χ3v) is 4.19. The molecule has 1 fully saturated rings. The monoisotopic (exact) mass is 428 g/mol. The zero-order valence-electron chi connectivity index (χ0n) is 16.2. The van der Waals surface area contributed by atoms with Crippen LogP contribution in [0.25, 0.3) is 0 Å². The number of ether oxygens (including phenoxy) is 1. The van der Waals surface area contributed by atoms with Gasteiger partial charge in [0.25, 0.3) is 0 Å². The summed E-state index contributed by atoms with van der Waals surface area (Å²) in [5, 5.41) is 21.3. The minimum Gasteiger partial charge on any atom is -0.445 e. The lowest BCUT2D eigenvalue weighted by Crippen LogP contribution is -2.49. The van der Waals surface area contributed by atoms with Gasteiger partial charge in [0.15, 0.2) is 5.69 Å². The lowest BCUT2D eigenvalue weighted by Gasteiger charge is -2.32. The number of β-amino-alcohol motifs (C(OH)–C–C–N with tert-alkyl or cyclic N) is 1. The first-order valence-electron chi connectivity index (χ1n) is 9.09. The molecule has 0 saturated carbocycles. The zero-order chi connectivity index (χ0) is 22.1. The van der Waals surface area contributed by atoms with Gasteiger partial charge in [-0.1, -0.05) is 30.3 Å². The van der Waals surface area contributed by atoms with Gasteiger partial charge in [-0.3, -0.25) is 4.98 Å². The molecule has 2 atom stereocenters. The zero-order valence-corrected chi connectivity index (χ0v) is 16.2. The van der Waals surface area contributed by atoms with E-state index in [-0.39, 0.29) is 19.0 Å². The average Bonchev–Trinajstić information content (AvgIpc) is 2.74. The molecule has 3 N–H and O–H groups in total. The Kier molecular flexibility index (Phi) is 8.36.